The summed E-state index contributed by atoms with van der Waals surface area (Å²) < 4.78 is 12.7. The van der Waals surface area contributed by atoms with E-state index in [1.807, 2.05) is 0 Å². The summed E-state index contributed by atoms with van der Waals surface area (Å²) in [7, 11) is 0. The molecule has 3 heteroatoms. The van der Waals surface area contributed by atoms with E-state index in [0.717, 1.165) is 25.2 Å². The second-order valence-electron chi connectivity index (χ2n) is 13.3. The van der Waals surface area contributed by atoms with Crippen molar-refractivity contribution in [3.63, 3.8) is 0 Å². The van der Waals surface area contributed by atoms with Crippen LogP contribution in [0.1, 0.15) is 108 Å². The Bertz CT molecular complexity index is 565. The van der Waals surface area contributed by atoms with Gasteiger partial charge in [0.25, 0.3) is 0 Å². The van der Waals surface area contributed by atoms with Crippen LogP contribution in [0, 0.1) is 39.4 Å². The summed E-state index contributed by atoms with van der Waals surface area (Å²) >= 11 is 0. The summed E-state index contributed by atoms with van der Waals surface area (Å²) in [6, 6.07) is 0. The van der Waals surface area contributed by atoms with Gasteiger partial charge in [-0.3, -0.25) is 4.79 Å². The van der Waals surface area contributed by atoms with Crippen molar-refractivity contribution < 1.29 is 14.3 Å². The molecule has 29 heavy (non-hydrogen) atoms. The highest BCUT2D eigenvalue weighted by Gasteiger charge is 2.52. The van der Waals surface area contributed by atoms with Gasteiger partial charge in [0.1, 0.15) is 0 Å². The molecule has 0 heterocycles. The number of hydrogen-bond acceptors (Lipinski definition) is 3. The van der Waals surface area contributed by atoms with Gasteiger partial charge in [0.15, 0.2) is 0 Å². The number of carbonyl (C=O) groups excluding carboxylic acids is 1. The summed E-state index contributed by atoms with van der Waals surface area (Å²) in [6.45, 7) is 22.5. The molecule has 2 fully saturated rings. The lowest BCUT2D eigenvalue weighted by Crippen LogP contribution is -2.48. The Morgan fingerprint density at radius 1 is 0.931 bits per heavy atom. The highest BCUT2D eigenvalue weighted by atomic mass is 16.7. The van der Waals surface area contributed by atoms with E-state index in [1.54, 1.807) is 0 Å². The molecule has 2 aliphatic carbocycles. The molecule has 2 rings (SSSR count). The van der Waals surface area contributed by atoms with Crippen LogP contribution in [0.3, 0.4) is 0 Å². The van der Waals surface area contributed by atoms with Crippen LogP contribution in [-0.4, -0.2) is 18.9 Å². The molecular weight excluding hydrogens is 360 g/mol. The van der Waals surface area contributed by atoms with Gasteiger partial charge in [0.05, 0.1) is 12.0 Å². The SMILES string of the molecule is CCC(C)(C)C(C)(CC(C)(C)C)C(=O)OC(OCC(C)(C)C)C1CC2CCC1C2. The molecule has 0 aromatic rings. The second-order valence-corrected chi connectivity index (χ2v) is 13.3. The van der Waals surface area contributed by atoms with E-state index in [9.17, 15) is 4.79 Å². The number of hydrogen-bond donors (Lipinski definition) is 0. The third-order valence-electron chi connectivity index (χ3n) is 7.76. The largest absolute Gasteiger partial charge is 0.435 e. The first kappa shape index (κ1) is 24.7. The van der Waals surface area contributed by atoms with Crippen LogP contribution in [0.25, 0.3) is 0 Å². The first-order chi connectivity index (χ1) is 13.1. The van der Waals surface area contributed by atoms with E-state index in [4.69, 9.17) is 9.47 Å². The molecule has 5 atom stereocenters. The zero-order valence-electron chi connectivity index (χ0n) is 21.0. The molecule has 0 aliphatic heterocycles. The summed E-state index contributed by atoms with van der Waals surface area (Å²) in [6.07, 6.45) is 6.40. The first-order valence-electron chi connectivity index (χ1n) is 11.9. The Balaban J connectivity index is 2.25. The number of rotatable bonds is 8. The highest BCUT2D eigenvalue weighted by molar-refractivity contribution is 5.77. The summed E-state index contributed by atoms with van der Waals surface area (Å²) in [5.74, 6) is 1.76. The summed E-state index contributed by atoms with van der Waals surface area (Å²) in [5, 5.41) is 0. The maximum absolute atomic E-state index is 13.7. The summed E-state index contributed by atoms with van der Waals surface area (Å²) in [4.78, 5) is 13.7. The van der Waals surface area contributed by atoms with E-state index in [1.165, 1.54) is 19.3 Å². The average Bonchev–Trinajstić information content (AvgIpc) is 3.18. The molecule has 5 unspecified atom stereocenters. The van der Waals surface area contributed by atoms with E-state index in [0.29, 0.717) is 18.4 Å². The van der Waals surface area contributed by atoms with Crippen molar-refractivity contribution >= 4 is 5.97 Å². The Morgan fingerprint density at radius 3 is 1.97 bits per heavy atom. The zero-order chi connectivity index (χ0) is 22.3. The lowest BCUT2D eigenvalue weighted by molar-refractivity contribution is -0.218. The van der Waals surface area contributed by atoms with Gasteiger partial charge in [-0.2, -0.15) is 0 Å². The van der Waals surface area contributed by atoms with Crippen molar-refractivity contribution in [3.8, 4) is 0 Å². The van der Waals surface area contributed by atoms with Gasteiger partial charge in [-0.05, 0) is 67.1 Å². The molecule has 0 radical (unpaired) electrons. The van der Waals surface area contributed by atoms with Crippen LogP contribution in [0.5, 0.6) is 0 Å². The first-order valence-corrected chi connectivity index (χ1v) is 11.9. The van der Waals surface area contributed by atoms with Crippen LogP contribution >= 0.6 is 0 Å². The fourth-order valence-corrected chi connectivity index (χ4v) is 5.48. The molecule has 2 bridgehead atoms. The van der Waals surface area contributed by atoms with Gasteiger partial charge >= 0.3 is 5.97 Å². The number of ether oxygens (including phenoxy) is 2. The molecule has 2 aliphatic rings. The van der Waals surface area contributed by atoms with Crippen molar-refractivity contribution in [3.05, 3.63) is 0 Å². The fourth-order valence-electron chi connectivity index (χ4n) is 5.48. The molecule has 0 aromatic carbocycles. The van der Waals surface area contributed by atoms with Crippen molar-refractivity contribution in [2.75, 3.05) is 6.61 Å². The summed E-state index contributed by atoms with van der Waals surface area (Å²) in [5.41, 5.74) is -0.574. The van der Waals surface area contributed by atoms with E-state index >= 15 is 0 Å². The van der Waals surface area contributed by atoms with Gasteiger partial charge in [0, 0.05) is 5.92 Å². The lowest BCUT2D eigenvalue weighted by Gasteiger charge is -2.46. The Hall–Kier alpha value is -0.570. The maximum atomic E-state index is 13.7. The van der Waals surface area contributed by atoms with Crippen LogP contribution in [0.2, 0.25) is 0 Å². The average molecular weight is 409 g/mol. The van der Waals surface area contributed by atoms with Crippen LogP contribution in [-0.2, 0) is 14.3 Å². The Labute approximate surface area is 180 Å². The van der Waals surface area contributed by atoms with E-state index in [-0.39, 0.29) is 22.2 Å². The third-order valence-corrected chi connectivity index (χ3v) is 7.76. The minimum Gasteiger partial charge on any atom is -0.435 e. The molecule has 0 aromatic heterocycles. The zero-order valence-corrected chi connectivity index (χ0v) is 21.0. The van der Waals surface area contributed by atoms with Gasteiger partial charge < -0.3 is 9.47 Å². The monoisotopic (exact) mass is 408 g/mol. The predicted molar refractivity (Wildman–Crippen MR) is 120 cm³/mol. The number of carbonyl (C=O) groups is 1. The topological polar surface area (TPSA) is 35.5 Å². The molecule has 0 spiro atoms. The van der Waals surface area contributed by atoms with Crippen LogP contribution in [0.15, 0.2) is 0 Å². The lowest BCUT2D eigenvalue weighted by atomic mass is 9.59. The van der Waals surface area contributed by atoms with Crippen molar-refractivity contribution in [1.82, 2.24) is 0 Å². The van der Waals surface area contributed by atoms with Crippen molar-refractivity contribution in [2.24, 2.45) is 39.4 Å². The molecule has 2 saturated carbocycles. The normalized spacial score (nSPS) is 28.3. The minimum absolute atomic E-state index is 0.0500. The molecule has 170 valence electrons. The molecule has 0 amide bonds. The molecule has 3 nitrogen and oxygen atoms in total. The predicted octanol–water partition coefficient (Wildman–Crippen LogP) is 7.23. The fraction of sp³-hybridized carbons (Fsp3) is 0.962. The highest BCUT2D eigenvalue weighted by Crippen LogP contribution is 2.53. The standard InChI is InChI=1S/C26H48O3/c1-11-25(8,9)26(10,16-23(2,3)4)22(27)29-21(28-17-24(5,6)7)20-15-18-12-13-19(20)14-18/h18-21H,11-17H2,1-10H3. The maximum Gasteiger partial charge on any atom is 0.314 e. The minimum atomic E-state index is -0.541. The second kappa shape index (κ2) is 8.52. The van der Waals surface area contributed by atoms with Crippen molar-refractivity contribution in [2.45, 2.75) is 114 Å². The van der Waals surface area contributed by atoms with Crippen molar-refractivity contribution in [1.29, 1.82) is 0 Å². The van der Waals surface area contributed by atoms with Gasteiger partial charge in [0.2, 0.25) is 6.29 Å². The van der Waals surface area contributed by atoms with E-state index < -0.39 is 11.7 Å². The smallest absolute Gasteiger partial charge is 0.314 e. The van der Waals surface area contributed by atoms with Gasteiger partial charge in [-0.1, -0.05) is 68.7 Å². The van der Waals surface area contributed by atoms with Crippen LogP contribution < -0.4 is 0 Å². The van der Waals surface area contributed by atoms with E-state index in [2.05, 4.69) is 69.2 Å². The van der Waals surface area contributed by atoms with Crippen LogP contribution in [0.4, 0.5) is 0 Å². The number of fused-ring (bicyclic) bond motifs is 2. The molecular formula is C26H48O3. The quantitative estimate of drug-likeness (QED) is 0.314. The Kier molecular flexibility index (Phi) is 7.25. The Morgan fingerprint density at radius 2 is 1.55 bits per heavy atom. The molecule has 0 N–H and O–H groups in total. The van der Waals surface area contributed by atoms with Gasteiger partial charge in [-0.15, -0.1) is 0 Å². The number of esters is 1. The molecule has 0 saturated heterocycles. The van der Waals surface area contributed by atoms with Gasteiger partial charge in [-0.25, -0.2) is 0 Å². The third kappa shape index (κ3) is 5.99.